The standard InChI is InChI=1S/C22H17N3O4S2/c1-29-19-9-7-15(8-10-19)14-24-21(26)20(31-22(24)30)13-17-6-3-11-23(17)16-4-2-5-18(12-16)25(27)28/h2-13H,14H2,1H3. The second-order valence-electron chi connectivity index (χ2n) is 6.70. The molecule has 1 fully saturated rings. The molecule has 0 aliphatic carbocycles. The van der Waals surface area contributed by atoms with E-state index in [1.165, 1.54) is 23.9 Å². The molecule has 4 rings (SSSR count). The molecule has 0 atom stereocenters. The molecule has 9 heteroatoms. The molecule has 1 aliphatic heterocycles. The lowest BCUT2D eigenvalue weighted by Gasteiger charge is -2.14. The van der Waals surface area contributed by atoms with Gasteiger partial charge >= 0.3 is 0 Å². The number of hydrogen-bond donors (Lipinski definition) is 0. The van der Waals surface area contributed by atoms with Crippen LogP contribution in [-0.2, 0) is 11.3 Å². The first-order valence-corrected chi connectivity index (χ1v) is 10.5. The van der Waals surface area contributed by atoms with Crippen LogP contribution >= 0.6 is 24.0 Å². The SMILES string of the molecule is COc1ccc(CN2C(=O)C(=Cc3cccn3-c3cccc([N+](=O)[O-])c3)SC2=S)cc1. The van der Waals surface area contributed by atoms with Crippen LogP contribution in [0, 0.1) is 10.1 Å². The lowest BCUT2D eigenvalue weighted by atomic mass is 10.2. The Hall–Kier alpha value is -3.43. The number of nitro groups is 1. The number of carbonyl (C=O) groups is 1. The first-order chi connectivity index (χ1) is 15.0. The number of benzene rings is 2. The Bertz CT molecular complexity index is 1200. The van der Waals surface area contributed by atoms with Crippen molar-refractivity contribution in [2.45, 2.75) is 6.54 Å². The van der Waals surface area contributed by atoms with Crippen molar-refractivity contribution in [1.82, 2.24) is 9.47 Å². The molecule has 31 heavy (non-hydrogen) atoms. The van der Waals surface area contributed by atoms with Gasteiger partial charge in [0, 0.05) is 24.0 Å². The van der Waals surface area contributed by atoms with E-state index in [9.17, 15) is 14.9 Å². The molecule has 7 nitrogen and oxygen atoms in total. The highest BCUT2D eigenvalue weighted by molar-refractivity contribution is 8.26. The van der Waals surface area contributed by atoms with Gasteiger partial charge in [0.1, 0.15) is 10.1 Å². The first kappa shape index (κ1) is 20.8. The van der Waals surface area contributed by atoms with Gasteiger partial charge < -0.3 is 9.30 Å². The summed E-state index contributed by atoms with van der Waals surface area (Å²) in [7, 11) is 1.60. The summed E-state index contributed by atoms with van der Waals surface area (Å²) in [5, 5.41) is 11.1. The van der Waals surface area contributed by atoms with E-state index < -0.39 is 4.92 Å². The summed E-state index contributed by atoms with van der Waals surface area (Å²) in [6.07, 6.45) is 3.55. The Morgan fingerprint density at radius 1 is 1.16 bits per heavy atom. The Morgan fingerprint density at radius 3 is 2.65 bits per heavy atom. The van der Waals surface area contributed by atoms with Crippen molar-refractivity contribution in [3.05, 3.63) is 93.1 Å². The molecular weight excluding hydrogens is 434 g/mol. The van der Waals surface area contributed by atoms with Gasteiger partial charge in [0.05, 0.1) is 29.2 Å². The number of aromatic nitrogens is 1. The zero-order chi connectivity index (χ0) is 22.0. The van der Waals surface area contributed by atoms with E-state index in [1.54, 1.807) is 41.0 Å². The molecule has 1 aliphatic rings. The van der Waals surface area contributed by atoms with E-state index in [4.69, 9.17) is 17.0 Å². The number of rotatable bonds is 6. The van der Waals surface area contributed by atoms with Gasteiger partial charge in [-0.3, -0.25) is 19.8 Å². The maximum atomic E-state index is 13.0. The summed E-state index contributed by atoms with van der Waals surface area (Å²) in [6, 6.07) is 17.5. The predicted octanol–water partition coefficient (Wildman–Crippen LogP) is 4.80. The van der Waals surface area contributed by atoms with Gasteiger partial charge in [-0.25, -0.2) is 0 Å². The molecular formula is C22H17N3O4S2. The summed E-state index contributed by atoms with van der Waals surface area (Å²) in [4.78, 5) is 25.7. The maximum Gasteiger partial charge on any atom is 0.271 e. The Kier molecular flexibility index (Phi) is 5.88. The molecule has 0 saturated carbocycles. The molecule has 0 unspecified atom stereocenters. The van der Waals surface area contributed by atoms with Crippen molar-refractivity contribution in [3.8, 4) is 11.4 Å². The number of hydrogen-bond acceptors (Lipinski definition) is 6. The zero-order valence-electron chi connectivity index (χ0n) is 16.4. The number of nitrogens with zero attached hydrogens (tertiary/aromatic N) is 3. The Morgan fingerprint density at radius 2 is 1.94 bits per heavy atom. The zero-order valence-corrected chi connectivity index (χ0v) is 18.1. The molecule has 2 heterocycles. The van der Waals surface area contributed by atoms with Crippen LogP contribution in [0.15, 0.2) is 71.8 Å². The van der Waals surface area contributed by atoms with Gasteiger partial charge in [0.15, 0.2) is 0 Å². The summed E-state index contributed by atoms with van der Waals surface area (Å²) >= 11 is 6.67. The molecule has 3 aromatic rings. The van der Waals surface area contributed by atoms with E-state index in [0.717, 1.165) is 17.0 Å². The normalized spacial score (nSPS) is 15.0. The molecule has 0 N–H and O–H groups in total. The number of nitro benzene ring substituents is 1. The first-order valence-electron chi connectivity index (χ1n) is 9.27. The third-order valence-electron chi connectivity index (χ3n) is 4.75. The van der Waals surface area contributed by atoms with Crippen molar-refractivity contribution in [2.24, 2.45) is 0 Å². The van der Waals surface area contributed by atoms with E-state index in [2.05, 4.69) is 0 Å². The minimum atomic E-state index is -0.434. The van der Waals surface area contributed by atoms with Crippen LogP contribution < -0.4 is 4.74 Å². The van der Waals surface area contributed by atoms with Crippen molar-refractivity contribution < 1.29 is 14.5 Å². The van der Waals surface area contributed by atoms with Crippen molar-refractivity contribution in [2.75, 3.05) is 7.11 Å². The highest BCUT2D eigenvalue weighted by Gasteiger charge is 2.32. The maximum absolute atomic E-state index is 13.0. The van der Waals surface area contributed by atoms with Crippen LogP contribution in [0.3, 0.4) is 0 Å². The lowest BCUT2D eigenvalue weighted by Crippen LogP contribution is -2.27. The van der Waals surface area contributed by atoms with Gasteiger partial charge in [-0.2, -0.15) is 0 Å². The third-order valence-corrected chi connectivity index (χ3v) is 6.13. The van der Waals surface area contributed by atoms with Crippen molar-refractivity contribution in [3.63, 3.8) is 0 Å². The number of thioether (sulfide) groups is 1. The quantitative estimate of drug-likeness (QED) is 0.232. The van der Waals surface area contributed by atoms with Crippen LogP contribution in [0.2, 0.25) is 0 Å². The second kappa shape index (κ2) is 8.75. The average molecular weight is 452 g/mol. The van der Waals surface area contributed by atoms with Crippen LogP contribution in [0.4, 0.5) is 5.69 Å². The fourth-order valence-corrected chi connectivity index (χ4v) is 4.43. The summed E-state index contributed by atoms with van der Waals surface area (Å²) < 4.78 is 7.45. The summed E-state index contributed by atoms with van der Waals surface area (Å²) in [6.45, 7) is 0.373. The van der Waals surface area contributed by atoms with Gasteiger partial charge in [-0.1, -0.05) is 42.2 Å². The van der Waals surface area contributed by atoms with Crippen LogP contribution in [-0.4, -0.2) is 31.7 Å². The van der Waals surface area contributed by atoms with Gasteiger partial charge in [-0.05, 0) is 42.0 Å². The molecule has 156 valence electrons. The van der Waals surface area contributed by atoms with Crippen LogP contribution in [0.25, 0.3) is 11.8 Å². The molecule has 2 aromatic carbocycles. The number of ether oxygens (including phenoxy) is 1. The van der Waals surface area contributed by atoms with E-state index in [0.29, 0.717) is 21.5 Å². The van der Waals surface area contributed by atoms with E-state index >= 15 is 0 Å². The minimum absolute atomic E-state index is 0.00275. The topological polar surface area (TPSA) is 77.6 Å². The highest BCUT2D eigenvalue weighted by atomic mass is 32.2. The number of thiocarbonyl (C=S) groups is 1. The third kappa shape index (κ3) is 4.37. The van der Waals surface area contributed by atoms with E-state index in [1.807, 2.05) is 36.4 Å². The minimum Gasteiger partial charge on any atom is -0.497 e. The fraction of sp³-hybridized carbons (Fsp3) is 0.0909. The smallest absolute Gasteiger partial charge is 0.271 e. The van der Waals surface area contributed by atoms with Crippen LogP contribution in [0.1, 0.15) is 11.3 Å². The fourth-order valence-electron chi connectivity index (χ4n) is 3.19. The predicted molar refractivity (Wildman–Crippen MR) is 124 cm³/mol. The lowest BCUT2D eigenvalue weighted by molar-refractivity contribution is -0.384. The number of non-ortho nitro benzene ring substituents is 1. The van der Waals surface area contributed by atoms with Gasteiger partial charge in [-0.15, -0.1) is 0 Å². The molecule has 1 saturated heterocycles. The van der Waals surface area contributed by atoms with E-state index in [-0.39, 0.29) is 11.6 Å². The highest BCUT2D eigenvalue weighted by Crippen LogP contribution is 2.34. The number of carbonyl (C=O) groups excluding carboxylic acids is 1. The molecule has 0 bridgehead atoms. The summed E-state index contributed by atoms with van der Waals surface area (Å²) in [5.41, 5.74) is 2.31. The van der Waals surface area contributed by atoms with Crippen LogP contribution in [0.5, 0.6) is 5.75 Å². The van der Waals surface area contributed by atoms with Gasteiger partial charge in [0.2, 0.25) is 0 Å². The summed E-state index contributed by atoms with van der Waals surface area (Å²) in [5.74, 6) is 0.577. The number of amides is 1. The molecule has 1 amide bonds. The van der Waals surface area contributed by atoms with Crippen molar-refractivity contribution in [1.29, 1.82) is 0 Å². The monoisotopic (exact) mass is 451 g/mol. The average Bonchev–Trinajstić information content (AvgIpc) is 3.34. The Balaban J connectivity index is 1.58. The molecule has 1 aromatic heterocycles. The number of methoxy groups -OCH3 is 1. The molecule has 0 radical (unpaired) electrons. The second-order valence-corrected chi connectivity index (χ2v) is 8.37. The van der Waals surface area contributed by atoms with Crippen molar-refractivity contribution >= 4 is 46.0 Å². The molecule has 0 spiro atoms. The Labute approximate surface area is 188 Å². The largest absolute Gasteiger partial charge is 0.497 e. The van der Waals surface area contributed by atoms with Gasteiger partial charge in [0.25, 0.3) is 11.6 Å².